The number of fused-ring (bicyclic) bond motifs is 1. The van der Waals surface area contributed by atoms with Gasteiger partial charge in [-0.1, -0.05) is 23.4 Å². The minimum absolute atomic E-state index is 0.0884. The first-order valence-corrected chi connectivity index (χ1v) is 8.46. The van der Waals surface area contributed by atoms with Crippen molar-refractivity contribution in [3.8, 4) is 5.75 Å². The van der Waals surface area contributed by atoms with Crippen molar-refractivity contribution in [1.29, 1.82) is 0 Å². The number of hydrogen-bond acceptors (Lipinski definition) is 6. The SMILES string of the molecule is COc1ccc2cc([C@H]3CN(CCc4nn[nH]n4)CCO3)ccc2c1. The molecule has 1 aliphatic heterocycles. The molecule has 7 heteroatoms. The quantitative estimate of drug-likeness (QED) is 0.766. The van der Waals surface area contributed by atoms with E-state index in [-0.39, 0.29) is 6.10 Å². The molecule has 0 radical (unpaired) electrons. The van der Waals surface area contributed by atoms with Gasteiger partial charge in [-0.05, 0) is 34.5 Å². The van der Waals surface area contributed by atoms with Crippen LogP contribution in [-0.2, 0) is 11.2 Å². The predicted octanol–water partition coefficient (Wildman–Crippen LogP) is 1.98. The van der Waals surface area contributed by atoms with Gasteiger partial charge in [-0.2, -0.15) is 5.21 Å². The molecule has 1 aromatic heterocycles. The summed E-state index contributed by atoms with van der Waals surface area (Å²) in [4.78, 5) is 2.39. The highest BCUT2D eigenvalue weighted by atomic mass is 16.5. The molecule has 3 aromatic rings. The van der Waals surface area contributed by atoms with E-state index in [0.29, 0.717) is 0 Å². The van der Waals surface area contributed by atoms with Gasteiger partial charge >= 0.3 is 0 Å². The van der Waals surface area contributed by atoms with Crippen LogP contribution in [0, 0.1) is 0 Å². The van der Waals surface area contributed by atoms with E-state index in [1.54, 1.807) is 7.11 Å². The number of methoxy groups -OCH3 is 1. The van der Waals surface area contributed by atoms with E-state index in [9.17, 15) is 0 Å². The van der Waals surface area contributed by atoms with Crippen LogP contribution in [0.15, 0.2) is 36.4 Å². The summed E-state index contributed by atoms with van der Waals surface area (Å²) in [5, 5.41) is 16.5. The Hall–Kier alpha value is -2.51. The fourth-order valence-corrected chi connectivity index (χ4v) is 3.22. The summed E-state index contributed by atoms with van der Waals surface area (Å²) in [5.74, 6) is 1.63. The Balaban J connectivity index is 1.46. The number of H-pyrrole nitrogens is 1. The van der Waals surface area contributed by atoms with E-state index < -0.39 is 0 Å². The third-order valence-corrected chi connectivity index (χ3v) is 4.63. The summed E-state index contributed by atoms with van der Waals surface area (Å²) in [5.41, 5.74) is 1.21. The van der Waals surface area contributed by atoms with Gasteiger partial charge in [-0.3, -0.25) is 4.90 Å². The van der Waals surface area contributed by atoms with Crippen molar-refractivity contribution in [2.75, 3.05) is 33.4 Å². The number of benzene rings is 2. The zero-order valence-corrected chi connectivity index (χ0v) is 14.2. The standard InChI is InChI=1S/C18H21N5O2/c1-24-16-5-4-13-10-15(3-2-14(13)11-16)17-12-23(8-9-25-17)7-6-18-19-21-22-20-18/h2-5,10-11,17H,6-9,12H2,1H3,(H,19,20,21,22)/t17-/m1/s1. The normalized spacial score (nSPS) is 18.5. The molecule has 1 N–H and O–H groups in total. The number of nitrogens with one attached hydrogen (secondary N) is 1. The molecule has 1 saturated heterocycles. The van der Waals surface area contributed by atoms with Gasteiger partial charge in [0.1, 0.15) is 5.75 Å². The van der Waals surface area contributed by atoms with Crippen LogP contribution in [0.2, 0.25) is 0 Å². The molecule has 0 spiro atoms. The molecular weight excluding hydrogens is 318 g/mol. The van der Waals surface area contributed by atoms with Crippen LogP contribution in [0.3, 0.4) is 0 Å². The molecular formula is C18H21N5O2. The second kappa shape index (κ2) is 7.16. The minimum atomic E-state index is 0.0884. The van der Waals surface area contributed by atoms with Crippen LogP contribution in [-0.4, -0.2) is 58.9 Å². The first-order chi connectivity index (χ1) is 12.3. The van der Waals surface area contributed by atoms with Gasteiger partial charge in [0.15, 0.2) is 5.82 Å². The van der Waals surface area contributed by atoms with Crippen molar-refractivity contribution in [2.24, 2.45) is 0 Å². The van der Waals surface area contributed by atoms with E-state index in [4.69, 9.17) is 9.47 Å². The van der Waals surface area contributed by atoms with Crippen LogP contribution >= 0.6 is 0 Å². The zero-order valence-electron chi connectivity index (χ0n) is 14.2. The molecule has 130 valence electrons. The maximum absolute atomic E-state index is 6.01. The van der Waals surface area contributed by atoms with E-state index in [1.807, 2.05) is 6.07 Å². The third kappa shape index (κ3) is 3.62. The Bertz CT molecular complexity index is 837. The predicted molar refractivity (Wildman–Crippen MR) is 93.5 cm³/mol. The van der Waals surface area contributed by atoms with Crippen molar-refractivity contribution in [3.63, 3.8) is 0 Å². The van der Waals surface area contributed by atoms with Gasteiger partial charge in [-0.25, -0.2) is 0 Å². The lowest BCUT2D eigenvalue weighted by Gasteiger charge is -2.33. The lowest BCUT2D eigenvalue weighted by atomic mass is 10.0. The first kappa shape index (κ1) is 16.0. The van der Waals surface area contributed by atoms with E-state index in [2.05, 4.69) is 55.9 Å². The minimum Gasteiger partial charge on any atom is -0.497 e. The summed E-state index contributed by atoms with van der Waals surface area (Å²) in [7, 11) is 1.69. The maximum Gasteiger partial charge on any atom is 0.175 e. The van der Waals surface area contributed by atoms with Gasteiger partial charge in [0.25, 0.3) is 0 Å². The number of aromatic amines is 1. The van der Waals surface area contributed by atoms with Crippen molar-refractivity contribution >= 4 is 10.8 Å². The number of aromatic nitrogens is 4. The van der Waals surface area contributed by atoms with Crippen LogP contribution in [0.25, 0.3) is 10.8 Å². The van der Waals surface area contributed by atoms with Gasteiger partial charge in [0.05, 0.1) is 19.8 Å². The largest absolute Gasteiger partial charge is 0.497 e. The molecule has 0 saturated carbocycles. The topological polar surface area (TPSA) is 76.2 Å². The molecule has 0 amide bonds. The Kier molecular flexibility index (Phi) is 4.58. The molecule has 1 atom stereocenters. The molecule has 1 aliphatic rings. The summed E-state index contributed by atoms with van der Waals surface area (Å²) in [6.45, 7) is 3.44. The number of tetrazole rings is 1. The highest BCUT2D eigenvalue weighted by Crippen LogP contribution is 2.27. The molecule has 0 bridgehead atoms. The van der Waals surface area contributed by atoms with E-state index >= 15 is 0 Å². The smallest absolute Gasteiger partial charge is 0.175 e. The molecule has 4 rings (SSSR count). The van der Waals surface area contributed by atoms with Crippen LogP contribution in [0.4, 0.5) is 0 Å². The van der Waals surface area contributed by atoms with Crippen molar-refractivity contribution < 1.29 is 9.47 Å². The monoisotopic (exact) mass is 339 g/mol. The number of hydrogen-bond donors (Lipinski definition) is 1. The number of ether oxygens (including phenoxy) is 2. The number of nitrogens with zero attached hydrogens (tertiary/aromatic N) is 4. The number of rotatable bonds is 5. The van der Waals surface area contributed by atoms with Gasteiger partial charge in [0, 0.05) is 26.1 Å². The average molecular weight is 339 g/mol. The second-order valence-electron chi connectivity index (χ2n) is 6.21. The molecule has 2 heterocycles. The third-order valence-electron chi connectivity index (χ3n) is 4.63. The molecule has 2 aromatic carbocycles. The lowest BCUT2D eigenvalue weighted by Crippen LogP contribution is -2.39. The number of morpholine rings is 1. The highest BCUT2D eigenvalue weighted by molar-refractivity contribution is 5.84. The lowest BCUT2D eigenvalue weighted by molar-refractivity contribution is -0.0296. The van der Waals surface area contributed by atoms with Crippen molar-refractivity contribution in [1.82, 2.24) is 25.5 Å². The fourth-order valence-electron chi connectivity index (χ4n) is 3.22. The van der Waals surface area contributed by atoms with E-state index in [1.165, 1.54) is 16.3 Å². The Morgan fingerprint density at radius 2 is 2.12 bits per heavy atom. The molecule has 1 fully saturated rings. The summed E-state index contributed by atoms with van der Waals surface area (Å²) in [6.07, 6.45) is 0.881. The van der Waals surface area contributed by atoms with Crippen LogP contribution in [0.1, 0.15) is 17.5 Å². The molecule has 0 aliphatic carbocycles. The van der Waals surface area contributed by atoms with Gasteiger partial charge in [0.2, 0.25) is 0 Å². The summed E-state index contributed by atoms with van der Waals surface area (Å²) >= 11 is 0. The van der Waals surface area contributed by atoms with Gasteiger partial charge in [-0.15, -0.1) is 10.2 Å². The van der Waals surface area contributed by atoms with Gasteiger partial charge < -0.3 is 9.47 Å². The second-order valence-corrected chi connectivity index (χ2v) is 6.21. The Morgan fingerprint density at radius 1 is 1.24 bits per heavy atom. The molecule has 0 unspecified atom stereocenters. The zero-order chi connectivity index (χ0) is 17.1. The average Bonchev–Trinajstić information content (AvgIpc) is 3.19. The van der Waals surface area contributed by atoms with Crippen LogP contribution < -0.4 is 4.74 Å². The van der Waals surface area contributed by atoms with Crippen molar-refractivity contribution in [2.45, 2.75) is 12.5 Å². The molecule has 25 heavy (non-hydrogen) atoms. The maximum atomic E-state index is 6.01. The Morgan fingerprint density at radius 3 is 2.96 bits per heavy atom. The molecule has 7 nitrogen and oxygen atoms in total. The van der Waals surface area contributed by atoms with Crippen molar-refractivity contribution in [3.05, 3.63) is 47.8 Å². The first-order valence-electron chi connectivity index (χ1n) is 8.46. The van der Waals surface area contributed by atoms with E-state index in [0.717, 1.165) is 44.2 Å². The summed E-state index contributed by atoms with van der Waals surface area (Å²) < 4.78 is 11.3. The fraction of sp³-hybridized carbons (Fsp3) is 0.389. The summed E-state index contributed by atoms with van der Waals surface area (Å²) in [6, 6.07) is 12.6. The highest BCUT2D eigenvalue weighted by Gasteiger charge is 2.22. The van der Waals surface area contributed by atoms with Crippen LogP contribution in [0.5, 0.6) is 5.75 Å². The Labute approximate surface area is 145 Å².